The first-order chi connectivity index (χ1) is 6.36. The fourth-order valence-corrected chi connectivity index (χ4v) is 1.30. The Balaban J connectivity index is 2.34. The zero-order valence-electron chi connectivity index (χ0n) is 8.69. The molecule has 0 saturated heterocycles. The highest BCUT2D eigenvalue weighted by atomic mass is 15.1. The van der Waals surface area contributed by atoms with E-state index in [1.165, 1.54) is 31.4 Å². The third-order valence-electron chi connectivity index (χ3n) is 2.17. The lowest BCUT2D eigenvalue weighted by molar-refractivity contribution is 0.763. The van der Waals surface area contributed by atoms with Crippen LogP contribution in [0.5, 0.6) is 0 Å². The molecular weight excluding hydrogens is 160 g/mol. The Kier molecular flexibility index (Phi) is 4.58. The average molecular weight is 179 g/mol. The number of aromatic amines is 1. The van der Waals surface area contributed by atoms with Crippen molar-refractivity contribution < 1.29 is 0 Å². The molecule has 0 aromatic carbocycles. The molecule has 0 atom stereocenters. The van der Waals surface area contributed by atoms with Crippen molar-refractivity contribution in [3.05, 3.63) is 17.5 Å². The van der Waals surface area contributed by atoms with Gasteiger partial charge in [0, 0.05) is 11.8 Å². The van der Waals surface area contributed by atoms with Crippen molar-refractivity contribution in [1.82, 2.24) is 10.2 Å². The maximum absolute atomic E-state index is 4.23. The molecule has 1 heterocycles. The number of aryl methyl sites for hydroxylation is 2. The van der Waals surface area contributed by atoms with Crippen LogP contribution in [0.15, 0.2) is 0 Å². The van der Waals surface area contributed by atoms with Crippen molar-refractivity contribution >= 4 is 0 Å². The summed E-state index contributed by atoms with van der Waals surface area (Å²) in [6.45, 7) is 4.40. The molecule has 1 N–H and O–H groups in total. The minimum Gasteiger partial charge on any atom is -0.282 e. The van der Waals surface area contributed by atoms with Crippen molar-refractivity contribution in [2.75, 3.05) is 0 Å². The Morgan fingerprint density at radius 3 is 2.54 bits per heavy atom. The lowest BCUT2D eigenvalue weighted by Crippen LogP contribution is -1.83. The summed E-state index contributed by atoms with van der Waals surface area (Å²) in [7, 11) is 0. The molecule has 1 rings (SSSR count). The third-order valence-corrected chi connectivity index (χ3v) is 2.17. The van der Waals surface area contributed by atoms with Crippen LogP contribution in [0, 0.1) is 6.07 Å². The number of rotatable bonds is 6. The third kappa shape index (κ3) is 3.62. The van der Waals surface area contributed by atoms with E-state index in [1.807, 2.05) is 0 Å². The summed E-state index contributed by atoms with van der Waals surface area (Å²) in [6, 6.07) is 3.32. The first-order valence-corrected chi connectivity index (χ1v) is 5.32. The van der Waals surface area contributed by atoms with Crippen LogP contribution in [-0.4, -0.2) is 10.2 Å². The van der Waals surface area contributed by atoms with E-state index in [0.29, 0.717) is 0 Å². The molecule has 0 aliphatic rings. The molecule has 1 radical (unpaired) electrons. The summed E-state index contributed by atoms with van der Waals surface area (Å²) in [5, 5.41) is 7.27. The van der Waals surface area contributed by atoms with Gasteiger partial charge in [-0.15, -0.1) is 0 Å². The van der Waals surface area contributed by atoms with E-state index < -0.39 is 0 Å². The minimum absolute atomic E-state index is 1.07. The summed E-state index contributed by atoms with van der Waals surface area (Å²) in [5.74, 6) is 0. The molecule has 2 heteroatoms. The van der Waals surface area contributed by atoms with Gasteiger partial charge in [0.25, 0.3) is 0 Å². The molecule has 0 aliphatic carbocycles. The highest BCUT2D eigenvalue weighted by Gasteiger charge is 2.00. The summed E-state index contributed by atoms with van der Waals surface area (Å²) in [6.07, 6.45) is 7.07. The zero-order valence-corrected chi connectivity index (χ0v) is 8.69. The van der Waals surface area contributed by atoms with Gasteiger partial charge in [-0.2, -0.15) is 5.10 Å². The van der Waals surface area contributed by atoms with Gasteiger partial charge < -0.3 is 0 Å². The van der Waals surface area contributed by atoms with Gasteiger partial charge >= 0.3 is 0 Å². The van der Waals surface area contributed by atoms with E-state index in [-0.39, 0.29) is 0 Å². The second-order valence-corrected chi connectivity index (χ2v) is 3.48. The molecular formula is C11H19N2. The van der Waals surface area contributed by atoms with Crippen molar-refractivity contribution in [2.24, 2.45) is 0 Å². The fourth-order valence-electron chi connectivity index (χ4n) is 1.30. The Hall–Kier alpha value is -0.790. The van der Waals surface area contributed by atoms with E-state index in [4.69, 9.17) is 0 Å². The smallest absolute Gasteiger partial charge is 0.0704 e. The van der Waals surface area contributed by atoms with Crippen LogP contribution in [0.2, 0.25) is 0 Å². The SMILES string of the molecule is CCCCc1[c]c(CCCC)[nH]n1. The van der Waals surface area contributed by atoms with Gasteiger partial charge in [0.15, 0.2) is 0 Å². The normalized spacial score (nSPS) is 10.6. The van der Waals surface area contributed by atoms with Gasteiger partial charge in [0.1, 0.15) is 0 Å². The van der Waals surface area contributed by atoms with Gasteiger partial charge in [-0.3, -0.25) is 5.10 Å². The van der Waals surface area contributed by atoms with Gasteiger partial charge in [0.05, 0.1) is 5.69 Å². The van der Waals surface area contributed by atoms with E-state index in [2.05, 4.69) is 30.1 Å². The van der Waals surface area contributed by atoms with Crippen LogP contribution in [-0.2, 0) is 12.8 Å². The number of hydrogen-bond donors (Lipinski definition) is 1. The molecule has 2 nitrogen and oxygen atoms in total. The summed E-state index contributed by atoms with van der Waals surface area (Å²) >= 11 is 0. The molecule has 0 bridgehead atoms. The number of unbranched alkanes of at least 4 members (excludes halogenated alkanes) is 2. The Labute approximate surface area is 80.7 Å². The highest BCUT2D eigenvalue weighted by Crippen LogP contribution is 2.05. The molecule has 73 valence electrons. The van der Waals surface area contributed by atoms with Crippen molar-refractivity contribution in [2.45, 2.75) is 52.4 Å². The Bertz CT molecular complexity index is 205. The van der Waals surface area contributed by atoms with Crippen LogP contribution >= 0.6 is 0 Å². The zero-order chi connectivity index (χ0) is 9.52. The van der Waals surface area contributed by atoms with E-state index >= 15 is 0 Å². The molecule has 0 amide bonds. The van der Waals surface area contributed by atoms with Crippen LogP contribution in [0.25, 0.3) is 0 Å². The highest BCUT2D eigenvalue weighted by molar-refractivity contribution is 5.06. The molecule has 0 aliphatic heterocycles. The largest absolute Gasteiger partial charge is 0.282 e. The number of hydrogen-bond acceptors (Lipinski definition) is 1. The molecule has 1 aromatic rings. The first kappa shape index (κ1) is 10.3. The van der Waals surface area contributed by atoms with E-state index in [9.17, 15) is 0 Å². The monoisotopic (exact) mass is 179 g/mol. The number of H-pyrrole nitrogens is 1. The lowest BCUT2D eigenvalue weighted by atomic mass is 10.1. The molecule has 0 saturated carbocycles. The van der Waals surface area contributed by atoms with Gasteiger partial charge in [-0.05, 0) is 25.7 Å². The van der Waals surface area contributed by atoms with Crippen LogP contribution < -0.4 is 0 Å². The molecule has 0 fully saturated rings. The number of aromatic nitrogens is 2. The second kappa shape index (κ2) is 5.79. The predicted molar refractivity (Wildman–Crippen MR) is 54.6 cm³/mol. The number of nitrogens with zero attached hydrogens (tertiary/aromatic N) is 1. The van der Waals surface area contributed by atoms with Gasteiger partial charge in [-0.1, -0.05) is 26.7 Å². The summed E-state index contributed by atoms with van der Waals surface area (Å²) in [4.78, 5) is 0. The molecule has 0 unspecified atom stereocenters. The maximum Gasteiger partial charge on any atom is 0.0704 e. The van der Waals surface area contributed by atoms with Crippen LogP contribution in [0.1, 0.15) is 50.9 Å². The van der Waals surface area contributed by atoms with Gasteiger partial charge in [0.2, 0.25) is 0 Å². The Morgan fingerprint density at radius 2 is 1.85 bits per heavy atom. The number of nitrogens with one attached hydrogen (secondary N) is 1. The minimum atomic E-state index is 1.07. The van der Waals surface area contributed by atoms with Crippen molar-refractivity contribution in [3.63, 3.8) is 0 Å². The molecule has 0 spiro atoms. The lowest BCUT2D eigenvalue weighted by Gasteiger charge is -1.91. The molecule has 1 aromatic heterocycles. The van der Waals surface area contributed by atoms with E-state index in [1.54, 1.807) is 0 Å². The quantitative estimate of drug-likeness (QED) is 0.714. The summed E-state index contributed by atoms with van der Waals surface area (Å²) < 4.78 is 0. The standard InChI is InChI=1S/C11H19N2/c1-3-5-7-10-9-11(13-12-10)8-6-4-2/h3-8H2,1-2H3,(H,12,13). The van der Waals surface area contributed by atoms with Gasteiger partial charge in [-0.25, -0.2) is 0 Å². The van der Waals surface area contributed by atoms with Crippen molar-refractivity contribution in [3.8, 4) is 0 Å². The maximum atomic E-state index is 4.23. The first-order valence-electron chi connectivity index (χ1n) is 5.32. The van der Waals surface area contributed by atoms with Crippen molar-refractivity contribution in [1.29, 1.82) is 0 Å². The van der Waals surface area contributed by atoms with E-state index in [0.717, 1.165) is 18.5 Å². The second-order valence-electron chi connectivity index (χ2n) is 3.48. The predicted octanol–water partition coefficient (Wildman–Crippen LogP) is 2.90. The molecule has 13 heavy (non-hydrogen) atoms. The average Bonchev–Trinajstić information content (AvgIpc) is 2.59. The summed E-state index contributed by atoms with van der Waals surface area (Å²) in [5.41, 5.74) is 2.28. The topological polar surface area (TPSA) is 28.7 Å². The Morgan fingerprint density at radius 1 is 1.15 bits per heavy atom. The fraction of sp³-hybridized carbons (Fsp3) is 0.727. The van der Waals surface area contributed by atoms with Crippen LogP contribution in [0.3, 0.4) is 0 Å². The van der Waals surface area contributed by atoms with Crippen LogP contribution in [0.4, 0.5) is 0 Å².